The van der Waals surface area contributed by atoms with Crippen LogP contribution in [0.5, 0.6) is 0 Å². The molecule has 8 heteroatoms. The van der Waals surface area contributed by atoms with Crippen LogP contribution in [0.3, 0.4) is 0 Å². The maximum absolute atomic E-state index is 13.4. The van der Waals surface area contributed by atoms with Gasteiger partial charge in [-0.15, -0.1) is 5.10 Å². The van der Waals surface area contributed by atoms with Crippen molar-refractivity contribution < 1.29 is 18.4 Å². The first kappa shape index (κ1) is 13.8. The Morgan fingerprint density at radius 2 is 1.90 bits per heavy atom. The number of amides is 1. The third-order valence-corrected chi connectivity index (χ3v) is 2.58. The fraction of sp³-hybridized carbons (Fsp3) is 0.167. The van der Waals surface area contributed by atoms with Crippen LogP contribution in [0.15, 0.2) is 24.4 Å². The minimum atomic E-state index is -1.07. The van der Waals surface area contributed by atoms with Gasteiger partial charge in [-0.25, -0.2) is 13.5 Å². The van der Waals surface area contributed by atoms with E-state index < -0.39 is 23.3 Å². The summed E-state index contributed by atoms with van der Waals surface area (Å²) in [6.45, 7) is -0.170. The van der Waals surface area contributed by atoms with Crippen LogP contribution in [-0.4, -0.2) is 26.7 Å². The van der Waals surface area contributed by atoms with Crippen molar-refractivity contribution in [2.75, 3.05) is 0 Å². The first-order valence-corrected chi connectivity index (χ1v) is 5.62. The van der Waals surface area contributed by atoms with E-state index in [1.807, 2.05) is 0 Å². The standard InChI is InChI=1S/C12H10F2N4O2/c13-9-2-1-3-10(14)8(9)6-18-5-7(16-17-18)4-11(19)12(15)20/h1-3,5H,4,6H2,(H2,15,20). The van der Waals surface area contributed by atoms with Gasteiger partial charge < -0.3 is 5.73 Å². The summed E-state index contributed by atoms with van der Waals surface area (Å²) in [5.41, 5.74) is 4.85. The number of hydrogen-bond acceptors (Lipinski definition) is 4. The molecule has 1 heterocycles. The lowest BCUT2D eigenvalue weighted by atomic mass is 10.2. The summed E-state index contributed by atoms with van der Waals surface area (Å²) in [6, 6.07) is 3.52. The van der Waals surface area contributed by atoms with Crippen molar-refractivity contribution in [3.63, 3.8) is 0 Å². The summed E-state index contributed by atoms with van der Waals surface area (Å²) in [6.07, 6.45) is 1.03. The van der Waals surface area contributed by atoms with Gasteiger partial charge in [-0.1, -0.05) is 11.3 Å². The van der Waals surface area contributed by atoms with Crippen molar-refractivity contribution in [3.05, 3.63) is 47.3 Å². The monoisotopic (exact) mass is 280 g/mol. The largest absolute Gasteiger partial charge is 0.363 e. The summed E-state index contributed by atoms with van der Waals surface area (Å²) >= 11 is 0. The second kappa shape index (κ2) is 5.55. The molecule has 2 aromatic rings. The average Bonchev–Trinajstić information content (AvgIpc) is 2.81. The summed E-state index contributed by atoms with van der Waals surface area (Å²) in [5.74, 6) is -3.28. The highest BCUT2D eigenvalue weighted by Gasteiger charge is 2.14. The number of nitrogens with two attached hydrogens (primary N) is 1. The van der Waals surface area contributed by atoms with Crippen molar-refractivity contribution >= 4 is 11.7 Å². The molecule has 6 nitrogen and oxygen atoms in total. The Labute approximate surface area is 112 Å². The van der Waals surface area contributed by atoms with Crippen LogP contribution in [-0.2, 0) is 22.6 Å². The molecular formula is C12H10F2N4O2. The number of nitrogens with zero attached hydrogens (tertiary/aromatic N) is 3. The first-order chi connectivity index (χ1) is 9.47. The van der Waals surface area contributed by atoms with E-state index >= 15 is 0 Å². The van der Waals surface area contributed by atoms with E-state index in [0.29, 0.717) is 0 Å². The first-order valence-electron chi connectivity index (χ1n) is 5.62. The van der Waals surface area contributed by atoms with Crippen molar-refractivity contribution in [1.82, 2.24) is 15.0 Å². The number of carbonyl (C=O) groups excluding carboxylic acids is 2. The molecule has 0 saturated heterocycles. The number of primary amides is 1. The SMILES string of the molecule is NC(=O)C(=O)Cc1cn(Cc2c(F)cccc2F)nn1. The summed E-state index contributed by atoms with van der Waals surface area (Å²) in [4.78, 5) is 21.7. The van der Waals surface area contributed by atoms with E-state index in [1.54, 1.807) is 0 Å². The van der Waals surface area contributed by atoms with Gasteiger partial charge in [-0.2, -0.15) is 0 Å². The molecule has 0 spiro atoms. The van der Waals surface area contributed by atoms with Gasteiger partial charge in [-0.3, -0.25) is 9.59 Å². The molecule has 1 aromatic heterocycles. The lowest BCUT2D eigenvalue weighted by Crippen LogP contribution is -2.24. The predicted octanol–water partition coefficient (Wildman–Crippen LogP) is 0.201. The molecule has 0 bridgehead atoms. The Bertz CT molecular complexity index is 649. The number of Topliss-reactive ketones (excluding diaryl/α,β-unsaturated/α-hetero) is 1. The van der Waals surface area contributed by atoms with Crippen LogP contribution in [0.1, 0.15) is 11.3 Å². The van der Waals surface area contributed by atoms with E-state index in [0.717, 1.165) is 12.1 Å². The quantitative estimate of drug-likeness (QED) is 0.792. The van der Waals surface area contributed by atoms with E-state index in [1.165, 1.54) is 16.9 Å². The van der Waals surface area contributed by atoms with Crippen molar-refractivity contribution in [2.24, 2.45) is 5.73 Å². The second-order valence-corrected chi connectivity index (χ2v) is 4.07. The molecule has 0 radical (unpaired) electrons. The Hall–Kier alpha value is -2.64. The molecule has 1 amide bonds. The molecule has 0 atom stereocenters. The number of aromatic nitrogens is 3. The van der Waals surface area contributed by atoms with Crippen LogP contribution < -0.4 is 5.73 Å². The highest BCUT2D eigenvalue weighted by molar-refractivity contribution is 6.35. The van der Waals surface area contributed by atoms with E-state index in [4.69, 9.17) is 5.73 Å². The van der Waals surface area contributed by atoms with Gasteiger partial charge in [-0.05, 0) is 12.1 Å². The van der Waals surface area contributed by atoms with Gasteiger partial charge in [0.2, 0.25) is 5.78 Å². The number of benzene rings is 1. The number of hydrogen-bond donors (Lipinski definition) is 1. The van der Waals surface area contributed by atoms with E-state index in [2.05, 4.69) is 10.3 Å². The highest BCUT2D eigenvalue weighted by Crippen LogP contribution is 2.13. The van der Waals surface area contributed by atoms with Gasteiger partial charge in [0.1, 0.15) is 11.6 Å². The van der Waals surface area contributed by atoms with Crippen LogP contribution in [0.25, 0.3) is 0 Å². The second-order valence-electron chi connectivity index (χ2n) is 4.07. The fourth-order valence-corrected chi connectivity index (χ4v) is 1.59. The Balaban J connectivity index is 2.14. The Morgan fingerprint density at radius 3 is 2.50 bits per heavy atom. The lowest BCUT2D eigenvalue weighted by Gasteiger charge is -2.03. The third-order valence-electron chi connectivity index (χ3n) is 2.58. The minimum Gasteiger partial charge on any atom is -0.363 e. The minimum absolute atomic E-state index is 0.162. The normalized spacial score (nSPS) is 10.5. The summed E-state index contributed by atoms with van der Waals surface area (Å²) in [5, 5.41) is 7.27. The molecule has 0 aliphatic carbocycles. The molecule has 0 unspecified atom stereocenters. The third kappa shape index (κ3) is 3.02. The molecule has 20 heavy (non-hydrogen) atoms. The molecule has 0 aliphatic rings. The molecule has 2 N–H and O–H groups in total. The molecular weight excluding hydrogens is 270 g/mol. The number of rotatable bonds is 5. The van der Waals surface area contributed by atoms with Gasteiger partial charge in [0, 0.05) is 11.8 Å². The topological polar surface area (TPSA) is 90.9 Å². The summed E-state index contributed by atoms with van der Waals surface area (Å²) in [7, 11) is 0. The molecule has 1 aromatic carbocycles. The highest BCUT2D eigenvalue weighted by atomic mass is 19.1. The average molecular weight is 280 g/mol. The molecule has 2 rings (SSSR count). The Morgan fingerprint density at radius 1 is 1.25 bits per heavy atom. The fourth-order valence-electron chi connectivity index (χ4n) is 1.59. The lowest BCUT2D eigenvalue weighted by molar-refractivity contribution is -0.135. The van der Waals surface area contributed by atoms with Crippen LogP contribution >= 0.6 is 0 Å². The number of carbonyl (C=O) groups is 2. The zero-order valence-corrected chi connectivity index (χ0v) is 10.2. The van der Waals surface area contributed by atoms with E-state index in [9.17, 15) is 18.4 Å². The van der Waals surface area contributed by atoms with Crippen molar-refractivity contribution in [3.8, 4) is 0 Å². The van der Waals surface area contributed by atoms with Gasteiger partial charge in [0.25, 0.3) is 5.91 Å². The smallest absolute Gasteiger partial charge is 0.285 e. The van der Waals surface area contributed by atoms with Crippen LogP contribution in [0, 0.1) is 11.6 Å². The zero-order chi connectivity index (χ0) is 14.7. The van der Waals surface area contributed by atoms with E-state index in [-0.39, 0.29) is 24.2 Å². The summed E-state index contributed by atoms with van der Waals surface area (Å²) < 4.78 is 28.1. The number of ketones is 1. The van der Waals surface area contributed by atoms with Crippen molar-refractivity contribution in [2.45, 2.75) is 13.0 Å². The van der Waals surface area contributed by atoms with Gasteiger partial charge in [0.05, 0.1) is 18.7 Å². The van der Waals surface area contributed by atoms with Crippen molar-refractivity contribution in [1.29, 1.82) is 0 Å². The molecule has 0 saturated carbocycles. The zero-order valence-electron chi connectivity index (χ0n) is 10.2. The van der Waals surface area contributed by atoms with Crippen LogP contribution in [0.2, 0.25) is 0 Å². The van der Waals surface area contributed by atoms with Gasteiger partial charge in [0.15, 0.2) is 0 Å². The Kier molecular flexibility index (Phi) is 3.83. The van der Waals surface area contributed by atoms with Crippen LogP contribution in [0.4, 0.5) is 8.78 Å². The maximum atomic E-state index is 13.4. The predicted molar refractivity (Wildman–Crippen MR) is 63.4 cm³/mol. The molecule has 0 aliphatic heterocycles. The number of halogens is 2. The molecule has 0 fully saturated rings. The molecule has 104 valence electrons. The maximum Gasteiger partial charge on any atom is 0.285 e. The van der Waals surface area contributed by atoms with Gasteiger partial charge >= 0.3 is 0 Å².